The largest absolute Gasteiger partial charge is 0.301 e. The van der Waals surface area contributed by atoms with Gasteiger partial charge in [0.2, 0.25) is 0 Å². The second kappa shape index (κ2) is 12.9. The molecule has 0 aliphatic heterocycles. The van der Waals surface area contributed by atoms with E-state index in [9.17, 15) is 0 Å². The van der Waals surface area contributed by atoms with Gasteiger partial charge in [0, 0.05) is 50.3 Å². The number of aromatic nitrogens is 4. The Kier molecular flexibility index (Phi) is 7.43. The third kappa shape index (κ3) is 5.45. The van der Waals surface area contributed by atoms with Crippen molar-refractivity contribution in [2.75, 3.05) is 0 Å². The van der Waals surface area contributed by atoms with E-state index in [1.165, 1.54) is 5.39 Å². The van der Waals surface area contributed by atoms with E-state index < -0.39 is 0 Å². The predicted octanol–water partition coefficient (Wildman–Crippen LogP) is 12.4. The van der Waals surface area contributed by atoms with Gasteiger partial charge in [-0.05, 0) is 52.4 Å². The highest BCUT2D eigenvalue weighted by Gasteiger charge is 2.20. The van der Waals surface area contributed by atoms with E-state index in [1.807, 2.05) is 18.2 Å². The molecule has 6 aromatic carbocycles. The van der Waals surface area contributed by atoms with E-state index in [4.69, 9.17) is 15.0 Å². The van der Waals surface area contributed by atoms with Gasteiger partial charge in [-0.1, -0.05) is 158 Å². The number of pyridine rings is 2. The van der Waals surface area contributed by atoms with Crippen molar-refractivity contribution < 1.29 is 0 Å². The second-order valence-corrected chi connectivity index (χ2v) is 13.3. The summed E-state index contributed by atoms with van der Waals surface area (Å²) in [6.07, 6.45) is 2.09. The Morgan fingerprint density at radius 2 is 0.830 bits per heavy atom. The summed E-state index contributed by atoms with van der Waals surface area (Å²) in [6, 6.07) is 65.7. The number of nitrogens with zero attached hydrogens (tertiary/aromatic N) is 4. The van der Waals surface area contributed by atoms with Crippen LogP contribution in [0.5, 0.6) is 0 Å². The summed E-state index contributed by atoms with van der Waals surface area (Å²) in [5.41, 5.74) is 13.3. The van der Waals surface area contributed by atoms with Crippen LogP contribution in [-0.2, 0) is 0 Å². The Morgan fingerprint density at radius 3 is 1.49 bits per heavy atom. The number of fused-ring (bicyclic) bond motifs is 5. The van der Waals surface area contributed by atoms with Gasteiger partial charge in [-0.2, -0.15) is 0 Å². The maximum absolute atomic E-state index is 5.34. The number of hydrogen-bond acceptors (Lipinski definition) is 3. The van der Waals surface area contributed by atoms with Crippen LogP contribution in [0.2, 0.25) is 0 Å². The van der Waals surface area contributed by atoms with Crippen molar-refractivity contribution in [1.82, 2.24) is 19.4 Å². The Morgan fingerprint density at radius 1 is 0.321 bits per heavy atom. The maximum Gasteiger partial charge on any atom is 0.160 e. The van der Waals surface area contributed by atoms with Crippen LogP contribution in [0.25, 0.3) is 94.7 Å². The highest BCUT2D eigenvalue weighted by molar-refractivity contribution is 6.12. The van der Waals surface area contributed by atoms with Crippen LogP contribution in [0.4, 0.5) is 0 Å². The molecule has 10 aromatic rings. The molecule has 0 aliphatic rings. The second-order valence-electron chi connectivity index (χ2n) is 13.3. The van der Waals surface area contributed by atoms with Gasteiger partial charge >= 0.3 is 0 Å². The van der Waals surface area contributed by atoms with Gasteiger partial charge in [-0.3, -0.25) is 0 Å². The number of benzene rings is 6. The summed E-state index contributed by atoms with van der Waals surface area (Å²) in [5.74, 6) is 0.679. The molecule has 10 rings (SSSR count). The molecule has 4 heterocycles. The van der Waals surface area contributed by atoms with E-state index >= 15 is 0 Å². The van der Waals surface area contributed by atoms with E-state index in [-0.39, 0.29) is 0 Å². The molecular weight excluding hydrogens is 645 g/mol. The van der Waals surface area contributed by atoms with Gasteiger partial charge in [0.1, 0.15) is 5.65 Å². The van der Waals surface area contributed by atoms with Crippen molar-refractivity contribution in [3.8, 4) is 67.4 Å². The molecule has 0 fully saturated rings. The van der Waals surface area contributed by atoms with Crippen LogP contribution >= 0.6 is 0 Å². The Labute approximate surface area is 307 Å². The first-order chi connectivity index (χ1) is 26.3. The molecule has 53 heavy (non-hydrogen) atoms. The first-order valence-corrected chi connectivity index (χ1v) is 17.9. The van der Waals surface area contributed by atoms with Crippen molar-refractivity contribution in [2.24, 2.45) is 0 Å². The summed E-state index contributed by atoms with van der Waals surface area (Å²) in [5, 5.41) is 3.49. The molecule has 0 unspecified atom stereocenters. The van der Waals surface area contributed by atoms with Crippen LogP contribution < -0.4 is 0 Å². The van der Waals surface area contributed by atoms with Crippen molar-refractivity contribution in [1.29, 1.82) is 0 Å². The highest BCUT2D eigenvalue weighted by Crippen LogP contribution is 2.40. The number of rotatable bonds is 6. The number of hydrogen-bond donors (Lipinski definition) is 0. The fourth-order valence-electron chi connectivity index (χ4n) is 7.49. The summed E-state index contributed by atoms with van der Waals surface area (Å²) in [7, 11) is 0. The quantitative estimate of drug-likeness (QED) is 0.176. The maximum atomic E-state index is 5.34. The predicted molar refractivity (Wildman–Crippen MR) is 218 cm³/mol. The molecule has 4 heteroatoms. The minimum absolute atomic E-state index is 0.679. The minimum Gasteiger partial charge on any atom is -0.301 e. The molecule has 0 spiro atoms. The molecule has 0 saturated carbocycles. The third-order valence-corrected chi connectivity index (χ3v) is 10.00. The van der Waals surface area contributed by atoms with Crippen molar-refractivity contribution in [3.05, 3.63) is 194 Å². The Hall–Kier alpha value is -7.17. The van der Waals surface area contributed by atoms with Crippen LogP contribution in [0.3, 0.4) is 0 Å². The van der Waals surface area contributed by atoms with Crippen LogP contribution in [0.1, 0.15) is 0 Å². The SMILES string of the molecule is c1ccc(-c2nc(-c3cccc(-c4cccc(-c5nc6c(cc7ccccn76)c6ccccc56)c4)c3)nc(-c3ccccc3)c2-c2ccccc2)cc1. The fourth-order valence-corrected chi connectivity index (χ4v) is 7.49. The fraction of sp³-hybridized carbons (Fsp3) is 0. The van der Waals surface area contributed by atoms with Crippen molar-refractivity contribution in [2.45, 2.75) is 0 Å². The van der Waals surface area contributed by atoms with E-state index in [0.717, 1.165) is 83.5 Å². The van der Waals surface area contributed by atoms with Crippen molar-refractivity contribution >= 4 is 27.3 Å². The molecule has 0 N–H and O–H groups in total. The van der Waals surface area contributed by atoms with Gasteiger partial charge in [-0.15, -0.1) is 0 Å². The molecule has 0 bridgehead atoms. The smallest absolute Gasteiger partial charge is 0.160 e. The van der Waals surface area contributed by atoms with Gasteiger partial charge < -0.3 is 4.40 Å². The first kappa shape index (κ1) is 30.6. The molecule has 0 radical (unpaired) electrons. The summed E-state index contributed by atoms with van der Waals surface area (Å²) in [6.45, 7) is 0. The standard InChI is InChI=1S/C49H32N4/c1-4-16-33(17-5-1)44-46(34-18-6-2-7-19-34)50-48(51-47(44)35-20-8-3-9-21-35)39-25-15-23-37(31-39)36-22-14-24-38(30-36)45-42-28-11-10-27-41(42)43-32-40-26-12-13-29-53(40)49(43)52-45/h1-32H. The zero-order valence-corrected chi connectivity index (χ0v) is 28.8. The van der Waals surface area contributed by atoms with Crippen molar-refractivity contribution in [3.63, 3.8) is 0 Å². The van der Waals surface area contributed by atoms with Crippen LogP contribution in [0.15, 0.2) is 194 Å². The van der Waals surface area contributed by atoms with Crippen LogP contribution in [0, 0.1) is 0 Å². The molecule has 0 atom stereocenters. The Balaban J connectivity index is 1.13. The van der Waals surface area contributed by atoms with Gasteiger partial charge in [0.25, 0.3) is 0 Å². The van der Waals surface area contributed by atoms with Gasteiger partial charge in [0.05, 0.1) is 17.1 Å². The van der Waals surface area contributed by atoms with E-state index in [1.54, 1.807) is 0 Å². The minimum atomic E-state index is 0.679. The average molecular weight is 677 g/mol. The molecule has 4 aromatic heterocycles. The summed E-state index contributed by atoms with van der Waals surface area (Å²) < 4.78 is 2.18. The zero-order chi connectivity index (χ0) is 35.1. The lowest BCUT2D eigenvalue weighted by atomic mass is 9.94. The molecule has 0 aliphatic carbocycles. The average Bonchev–Trinajstić information content (AvgIpc) is 3.63. The summed E-state index contributed by atoms with van der Waals surface area (Å²) >= 11 is 0. The lowest BCUT2D eigenvalue weighted by molar-refractivity contribution is 1.18. The van der Waals surface area contributed by atoms with Crippen LogP contribution in [-0.4, -0.2) is 19.4 Å². The topological polar surface area (TPSA) is 43.1 Å². The first-order valence-electron chi connectivity index (χ1n) is 17.9. The van der Waals surface area contributed by atoms with E-state index in [2.05, 4.69) is 180 Å². The molecule has 4 nitrogen and oxygen atoms in total. The lowest BCUT2D eigenvalue weighted by Crippen LogP contribution is -2.01. The molecule has 0 saturated heterocycles. The zero-order valence-electron chi connectivity index (χ0n) is 28.8. The Bertz CT molecular complexity index is 2870. The van der Waals surface area contributed by atoms with Gasteiger partial charge in [0.15, 0.2) is 5.82 Å². The van der Waals surface area contributed by atoms with Gasteiger partial charge in [-0.25, -0.2) is 15.0 Å². The lowest BCUT2D eigenvalue weighted by Gasteiger charge is -2.17. The monoisotopic (exact) mass is 676 g/mol. The summed E-state index contributed by atoms with van der Waals surface area (Å²) in [4.78, 5) is 16.0. The molecular formula is C49H32N4. The van der Waals surface area contributed by atoms with E-state index in [0.29, 0.717) is 5.82 Å². The third-order valence-electron chi connectivity index (χ3n) is 10.00. The molecule has 0 amide bonds. The highest BCUT2D eigenvalue weighted by atomic mass is 15.0. The molecule has 248 valence electrons. The normalized spacial score (nSPS) is 11.4.